The molecule has 0 radical (unpaired) electrons. The summed E-state index contributed by atoms with van der Waals surface area (Å²) in [6.45, 7) is 3.33. The second-order valence-electron chi connectivity index (χ2n) is 7.05. The van der Waals surface area contributed by atoms with Crippen molar-refractivity contribution in [3.05, 3.63) is 29.8 Å². The third kappa shape index (κ3) is 5.30. The second kappa shape index (κ2) is 8.99. The van der Waals surface area contributed by atoms with Crippen molar-refractivity contribution in [3.63, 3.8) is 0 Å². The molecule has 1 N–H and O–H groups in total. The third-order valence-electron chi connectivity index (χ3n) is 5.21. The summed E-state index contributed by atoms with van der Waals surface area (Å²) in [7, 11) is 0. The van der Waals surface area contributed by atoms with Crippen LogP contribution in [0.2, 0.25) is 0 Å². The van der Waals surface area contributed by atoms with Gasteiger partial charge in [-0.2, -0.15) is 0 Å². The van der Waals surface area contributed by atoms with E-state index < -0.39 is 0 Å². The summed E-state index contributed by atoms with van der Waals surface area (Å²) in [5.41, 5.74) is 1.76. The SMILES string of the molecule is O=C(CC1CCCCC1)NCC(=O)c1ccc(N2CCOCC2)cc1. The normalized spacial score (nSPS) is 18.8. The molecule has 1 aromatic rings. The Bertz CT molecular complexity index is 573. The fourth-order valence-corrected chi connectivity index (χ4v) is 3.69. The van der Waals surface area contributed by atoms with Crippen molar-refractivity contribution >= 4 is 17.4 Å². The maximum absolute atomic E-state index is 12.3. The zero-order valence-electron chi connectivity index (χ0n) is 14.8. The molecule has 2 aliphatic rings. The monoisotopic (exact) mass is 344 g/mol. The van der Waals surface area contributed by atoms with E-state index in [1.165, 1.54) is 19.3 Å². The molecule has 5 nitrogen and oxygen atoms in total. The number of nitrogens with one attached hydrogen (secondary N) is 1. The molecule has 2 fully saturated rings. The highest BCUT2D eigenvalue weighted by Crippen LogP contribution is 2.26. The molecule has 1 saturated carbocycles. The van der Waals surface area contributed by atoms with Crippen molar-refractivity contribution in [2.24, 2.45) is 5.92 Å². The van der Waals surface area contributed by atoms with E-state index in [2.05, 4.69) is 10.2 Å². The van der Waals surface area contributed by atoms with Gasteiger partial charge in [0, 0.05) is 30.8 Å². The molecule has 0 spiro atoms. The molecule has 5 heteroatoms. The summed E-state index contributed by atoms with van der Waals surface area (Å²) in [5.74, 6) is 0.465. The molecule has 25 heavy (non-hydrogen) atoms. The second-order valence-corrected chi connectivity index (χ2v) is 7.05. The Hall–Kier alpha value is -1.88. The summed E-state index contributed by atoms with van der Waals surface area (Å²) >= 11 is 0. The minimum absolute atomic E-state index is 0.00480. The van der Waals surface area contributed by atoms with Gasteiger partial charge in [-0.05, 0) is 43.0 Å². The predicted molar refractivity (Wildman–Crippen MR) is 98.0 cm³/mol. The first kappa shape index (κ1) is 17.9. The molecule has 0 unspecified atom stereocenters. The van der Waals surface area contributed by atoms with Crippen LogP contribution in [0.15, 0.2) is 24.3 Å². The number of morpholine rings is 1. The number of hydrogen-bond donors (Lipinski definition) is 1. The van der Waals surface area contributed by atoms with Crippen LogP contribution in [-0.4, -0.2) is 44.5 Å². The van der Waals surface area contributed by atoms with Gasteiger partial charge in [0.05, 0.1) is 19.8 Å². The highest BCUT2D eigenvalue weighted by Gasteiger charge is 2.18. The number of ketones is 1. The Morgan fingerprint density at radius 1 is 1.04 bits per heavy atom. The van der Waals surface area contributed by atoms with Crippen LogP contribution in [0, 0.1) is 5.92 Å². The third-order valence-corrected chi connectivity index (χ3v) is 5.21. The lowest BCUT2D eigenvalue weighted by Gasteiger charge is -2.28. The van der Waals surface area contributed by atoms with Gasteiger partial charge in [-0.15, -0.1) is 0 Å². The van der Waals surface area contributed by atoms with Gasteiger partial charge in [0.25, 0.3) is 0 Å². The number of anilines is 1. The predicted octanol–water partition coefficient (Wildman–Crippen LogP) is 2.79. The molecular formula is C20H28N2O3. The first-order chi connectivity index (χ1) is 12.2. The molecule has 1 aliphatic heterocycles. The Kier molecular flexibility index (Phi) is 6.45. The summed E-state index contributed by atoms with van der Waals surface area (Å²) < 4.78 is 5.36. The largest absolute Gasteiger partial charge is 0.378 e. The number of carbonyl (C=O) groups excluding carboxylic acids is 2. The lowest BCUT2D eigenvalue weighted by atomic mass is 9.87. The van der Waals surface area contributed by atoms with Gasteiger partial charge in [-0.1, -0.05) is 19.3 Å². The summed E-state index contributed by atoms with van der Waals surface area (Å²) in [6.07, 6.45) is 6.59. The van der Waals surface area contributed by atoms with E-state index in [9.17, 15) is 9.59 Å². The van der Waals surface area contributed by atoms with Gasteiger partial charge in [-0.25, -0.2) is 0 Å². The fraction of sp³-hybridized carbons (Fsp3) is 0.600. The van der Waals surface area contributed by atoms with E-state index >= 15 is 0 Å². The highest BCUT2D eigenvalue weighted by atomic mass is 16.5. The van der Waals surface area contributed by atoms with E-state index in [0.29, 0.717) is 17.9 Å². The fourth-order valence-electron chi connectivity index (χ4n) is 3.69. The number of Topliss-reactive ketones (excluding diaryl/α,β-unsaturated/α-hetero) is 1. The van der Waals surface area contributed by atoms with Crippen molar-refractivity contribution in [1.82, 2.24) is 5.32 Å². The molecule has 0 atom stereocenters. The summed E-state index contributed by atoms with van der Waals surface area (Å²) in [6, 6.07) is 7.64. The molecule has 1 saturated heterocycles. The quantitative estimate of drug-likeness (QED) is 0.806. The minimum atomic E-state index is -0.0366. The standard InChI is InChI=1S/C20H28N2O3/c23-19(15-21-20(24)14-16-4-2-1-3-5-16)17-6-8-18(9-7-17)22-10-12-25-13-11-22/h6-9,16H,1-5,10-15H2,(H,21,24). The number of ether oxygens (including phenoxy) is 1. The van der Waals surface area contributed by atoms with Gasteiger partial charge in [0.2, 0.25) is 5.91 Å². The van der Waals surface area contributed by atoms with Crippen molar-refractivity contribution in [1.29, 1.82) is 0 Å². The van der Waals surface area contributed by atoms with Crippen LogP contribution in [0.3, 0.4) is 0 Å². The molecule has 1 aliphatic carbocycles. The van der Waals surface area contributed by atoms with Gasteiger partial charge >= 0.3 is 0 Å². The first-order valence-electron chi connectivity index (χ1n) is 9.45. The minimum Gasteiger partial charge on any atom is -0.378 e. The van der Waals surface area contributed by atoms with Crippen LogP contribution in [0.1, 0.15) is 48.9 Å². The molecular weight excluding hydrogens is 316 g/mol. The molecule has 3 rings (SSSR count). The van der Waals surface area contributed by atoms with Crippen LogP contribution >= 0.6 is 0 Å². The van der Waals surface area contributed by atoms with E-state index in [1.54, 1.807) is 0 Å². The van der Waals surface area contributed by atoms with Crippen molar-refractivity contribution in [2.75, 3.05) is 37.7 Å². The van der Waals surface area contributed by atoms with Gasteiger partial charge in [-0.3, -0.25) is 9.59 Å². The lowest BCUT2D eigenvalue weighted by Crippen LogP contribution is -2.36. The van der Waals surface area contributed by atoms with Crippen LogP contribution in [0.5, 0.6) is 0 Å². The van der Waals surface area contributed by atoms with Crippen molar-refractivity contribution in [2.45, 2.75) is 38.5 Å². The van der Waals surface area contributed by atoms with Gasteiger partial charge in [0.15, 0.2) is 5.78 Å². The highest BCUT2D eigenvalue weighted by molar-refractivity contribution is 5.99. The zero-order valence-corrected chi connectivity index (χ0v) is 14.8. The molecule has 0 aromatic heterocycles. The number of carbonyl (C=O) groups is 2. The summed E-state index contributed by atoms with van der Waals surface area (Å²) in [5, 5.41) is 2.79. The molecule has 0 bridgehead atoms. The molecule has 1 heterocycles. The number of amides is 1. The Labute approximate surface area is 149 Å². The molecule has 136 valence electrons. The Morgan fingerprint density at radius 3 is 2.40 bits per heavy atom. The van der Waals surface area contributed by atoms with E-state index in [0.717, 1.165) is 44.8 Å². The number of hydrogen-bond acceptors (Lipinski definition) is 4. The number of nitrogens with zero attached hydrogens (tertiary/aromatic N) is 1. The zero-order chi connectivity index (χ0) is 17.5. The average Bonchev–Trinajstić information content (AvgIpc) is 2.68. The van der Waals surface area contributed by atoms with E-state index in [4.69, 9.17) is 4.74 Å². The van der Waals surface area contributed by atoms with Crippen LogP contribution in [-0.2, 0) is 9.53 Å². The number of rotatable bonds is 6. The van der Waals surface area contributed by atoms with E-state index in [1.807, 2.05) is 24.3 Å². The average molecular weight is 344 g/mol. The van der Waals surface area contributed by atoms with Gasteiger partial charge in [0.1, 0.15) is 0 Å². The summed E-state index contributed by atoms with van der Waals surface area (Å²) in [4.78, 5) is 26.6. The van der Waals surface area contributed by atoms with Crippen molar-refractivity contribution in [3.8, 4) is 0 Å². The first-order valence-corrected chi connectivity index (χ1v) is 9.45. The molecule has 1 aromatic carbocycles. The number of benzene rings is 1. The van der Waals surface area contributed by atoms with Crippen LogP contribution in [0.25, 0.3) is 0 Å². The van der Waals surface area contributed by atoms with E-state index in [-0.39, 0.29) is 18.2 Å². The van der Waals surface area contributed by atoms with Crippen LogP contribution in [0.4, 0.5) is 5.69 Å². The topological polar surface area (TPSA) is 58.6 Å². The Morgan fingerprint density at radius 2 is 1.72 bits per heavy atom. The van der Waals surface area contributed by atoms with Gasteiger partial charge < -0.3 is 15.0 Å². The lowest BCUT2D eigenvalue weighted by molar-refractivity contribution is -0.122. The Balaban J connectivity index is 1.45. The molecule has 1 amide bonds. The maximum Gasteiger partial charge on any atom is 0.220 e. The maximum atomic E-state index is 12.3. The van der Waals surface area contributed by atoms with Crippen molar-refractivity contribution < 1.29 is 14.3 Å². The van der Waals surface area contributed by atoms with Crippen LogP contribution < -0.4 is 10.2 Å². The smallest absolute Gasteiger partial charge is 0.220 e.